The normalized spacial score (nSPS) is 11.7. The Kier molecular flexibility index (Phi) is 5.60. The van der Waals surface area contributed by atoms with Crippen LogP contribution in [0.1, 0.15) is 5.56 Å². The molecular formula is C16H17ClN2O2. The molecule has 110 valence electrons. The molecule has 0 aliphatic carbocycles. The zero-order valence-corrected chi connectivity index (χ0v) is 12.2. The van der Waals surface area contributed by atoms with E-state index in [9.17, 15) is 9.90 Å². The molecule has 1 atom stereocenters. The molecule has 0 radical (unpaired) electrons. The van der Waals surface area contributed by atoms with E-state index in [1.54, 1.807) is 24.3 Å². The lowest BCUT2D eigenvalue weighted by molar-refractivity contribution is 0.224. The summed E-state index contributed by atoms with van der Waals surface area (Å²) in [5, 5.41) is 15.4. The molecule has 0 saturated heterocycles. The third-order valence-electron chi connectivity index (χ3n) is 2.98. The Morgan fingerprint density at radius 2 is 1.76 bits per heavy atom. The van der Waals surface area contributed by atoms with Crippen LogP contribution in [0.3, 0.4) is 0 Å². The van der Waals surface area contributed by atoms with E-state index in [-0.39, 0.29) is 18.7 Å². The fraction of sp³-hybridized carbons (Fsp3) is 0.188. The van der Waals surface area contributed by atoms with E-state index in [4.69, 9.17) is 11.6 Å². The topological polar surface area (TPSA) is 61.4 Å². The SMILES string of the molecule is O=C(Nc1ccc(Cl)cc1)N[C@@H](CO)Cc1ccccc1. The number of aliphatic hydroxyl groups excluding tert-OH is 1. The van der Waals surface area contributed by atoms with Gasteiger partial charge in [-0.15, -0.1) is 0 Å². The molecule has 0 fully saturated rings. The van der Waals surface area contributed by atoms with Crippen molar-refractivity contribution in [3.05, 3.63) is 65.2 Å². The quantitative estimate of drug-likeness (QED) is 0.795. The van der Waals surface area contributed by atoms with Crippen LogP contribution in [0.5, 0.6) is 0 Å². The van der Waals surface area contributed by atoms with Crippen LogP contribution in [-0.4, -0.2) is 23.8 Å². The van der Waals surface area contributed by atoms with Gasteiger partial charge in [0.15, 0.2) is 0 Å². The van der Waals surface area contributed by atoms with Crippen molar-refractivity contribution in [1.29, 1.82) is 0 Å². The summed E-state index contributed by atoms with van der Waals surface area (Å²) in [4.78, 5) is 11.9. The van der Waals surface area contributed by atoms with Crippen LogP contribution in [-0.2, 0) is 6.42 Å². The highest BCUT2D eigenvalue weighted by atomic mass is 35.5. The molecule has 0 unspecified atom stereocenters. The molecule has 3 N–H and O–H groups in total. The molecule has 0 aliphatic heterocycles. The third kappa shape index (κ3) is 5.10. The number of hydrogen-bond donors (Lipinski definition) is 3. The molecule has 0 aromatic heterocycles. The van der Waals surface area contributed by atoms with Gasteiger partial charge < -0.3 is 15.7 Å². The Morgan fingerprint density at radius 3 is 2.38 bits per heavy atom. The number of benzene rings is 2. The Balaban J connectivity index is 1.89. The van der Waals surface area contributed by atoms with E-state index in [2.05, 4.69) is 10.6 Å². The van der Waals surface area contributed by atoms with Crippen LogP contribution >= 0.6 is 11.6 Å². The number of carbonyl (C=O) groups excluding carboxylic acids is 1. The van der Waals surface area contributed by atoms with E-state index in [1.165, 1.54) is 0 Å². The van der Waals surface area contributed by atoms with Crippen molar-refractivity contribution >= 4 is 23.3 Å². The molecule has 2 rings (SSSR count). The minimum absolute atomic E-state index is 0.122. The van der Waals surface area contributed by atoms with Crippen molar-refractivity contribution in [3.8, 4) is 0 Å². The zero-order valence-electron chi connectivity index (χ0n) is 11.4. The molecule has 5 heteroatoms. The maximum atomic E-state index is 11.9. The first-order valence-electron chi connectivity index (χ1n) is 6.65. The molecule has 0 aliphatic rings. The molecule has 0 spiro atoms. The molecule has 2 amide bonds. The number of halogens is 1. The van der Waals surface area contributed by atoms with Gasteiger partial charge in [0, 0.05) is 10.7 Å². The molecule has 2 aromatic carbocycles. The van der Waals surface area contributed by atoms with Crippen molar-refractivity contribution in [2.24, 2.45) is 0 Å². The fourth-order valence-corrected chi connectivity index (χ4v) is 2.07. The highest BCUT2D eigenvalue weighted by molar-refractivity contribution is 6.30. The van der Waals surface area contributed by atoms with E-state index in [0.717, 1.165) is 5.56 Å². The van der Waals surface area contributed by atoms with Gasteiger partial charge in [-0.25, -0.2) is 4.79 Å². The van der Waals surface area contributed by atoms with Crippen LogP contribution in [0.2, 0.25) is 5.02 Å². The van der Waals surface area contributed by atoms with Crippen LogP contribution < -0.4 is 10.6 Å². The summed E-state index contributed by atoms with van der Waals surface area (Å²) >= 11 is 5.78. The largest absolute Gasteiger partial charge is 0.394 e. The van der Waals surface area contributed by atoms with Crippen LogP contribution in [0.4, 0.5) is 10.5 Å². The first-order valence-corrected chi connectivity index (χ1v) is 7.03. The smallest absolute Gasteiger partial charge is 0.319 e. The second kappa shape index (κ2) is 7.67. The molecular weight excluding hydrogens is 288 g/mol. The van der Waals surface area contributed by atoms with Crippen LogP contribution in [0.25, 0.3) is 0 Å². The average molecular weight is 305 g/mol. The summed E-state index contributed by atoms with van der Waals surface area (Å²) < 4.78 is 0. The van der Waals surface area contributed by atoms with Gasteiger partial charge >= 0.3 is 6.03 Å². The third-order valence-corrected chi connectivity index (χ3v) is 3.23. The van der Waals surface area contributed by atoms with E-state index >= 15 is 0 Å². The summed E-state index contributed by atoms with van der Waals surface area (Å²) in [6.45, 7) is -0.122. The molecule has 21 heavy (non-hydrogen) atoms. The highest BCUT2D eigenvalue weighted by Gasteiger charge is 2.12. The van der Waals surface area contributed by atoms with Gasteiger partial charge in [-0.2, -0.15) is 0 Å². The fourth-order valence-electron chi connectivity index (χ4n) is 1.95. The maximum Gasteiger partial charge on any atom is 0.319 e. The second-order valence-electron chi connectivity index (χ2n) is 4.67. The van der Waals surface area contributed by atoms with Crippen molar-refractivity contribution in [3.63, 3.8) is 0 Å². The summed E-state index contributed by atoms with van der Waals surface area (Å²) in [5.74, 6) is 0. The van der Waals surface area contributed by atoms with Gasteiger partial charge in [0.2, 0.25) is 0 Å². The number of rotatable bonds is 5. The highest BCUT2D eigenvalue weighted by Crippen LogP contribution is 2.13. The Morgan fingerprint density at radius 1 is 1.10 bits per heavy atom. The van der Waals surface area contributed by atoms with E-state index in [1.807, 2.05) is 30.3 Å². The minimum atomic E-state index is -0.354. The summed E-state index contributed by atoms with van der Waals surface area (Å²) in [5.41, 5.74) is 1.71. The van der Waals surface area contributed by atoms with Gasteiger partial charge in [-0.05, 0) is 36.2 Å². The first kappa shape index (κ1) is 15.4. The maximum absolute atomic E-state index is 11.9. The lowest BCUT2D eigenvalue weighted by Crippen LogP contribution is -2.41. The van der Waals surface area contributed by atoms with Crippen LogP contribution in [0, 0.1) is 0 Å². The van der Waals surface area contributed by atoms with Crippen molar-refractivity contribution in [2.75, 3.05) is 11.9 Å². The summed E-state index contributed by atoms with van der Waals surface area (Å²) in [7, 11) is 0. The lowest BCUT2D eigenvalue weighted by Gasteiger charge is -2.17. The molecule has 0 heterocycles. The van der Waals surface area contributed by atoms with Gasteiger partial charge in [-0.1, -0.05) is 41.9 Å². The van der Waals surface area contributed by atoms with Crippen molar-refractivity contribution in [1.82, 2.24) is 5.32 Å². The number of anilines is 1. The minimum Gasteiger partial charge on any atom is -0.394 e. The number of hydrogen-bond acceptors (Lipinski definition) is 2. The predicted octanol–water partition coefficient (Wildman–Crippen LogP) is 3.07. The van der Waals surface area contributed by atoms with E-state index in [0.29, 0.717) is 17.1 Å². The molecule has 0 saturated carbocycles. The molecule has 0 bridgehead atoms. The second-order valence-corrected chi connectivity index (χ2v) is 5.11. The summed E-state index contributed by atoms with van der Waals surface area (Å²) in [6, 6.07) is 15.8. The average Bonchev–Trinajstić information content (AvgIpc) is 2.50. The van der Waals surface area contributed by atoms with Gasteiger partial charge in [0.1, 0.15) is 0 Å². The monoisotopic (exact) mass is 304 g/mol. The molecule has 4 nitrogen and oxygen atoms in total. The number of carbonyl (C=O) groups is 1. The van der Waals surface area contributed by atoms with E-state index < -0.39 is 0 Å². The predicted molar refractivity (Wildman–Crippen MR) is 84.6 cm³/mol. The van der Waals surface area contributed by atoms with Crippen molar-refractivity contribution in [2.45, 2.75) is 12.5 Å². The zero-order chi connectivity index (χ0) is 15.1. The van der Waals surface area contributed by atoms with Gasteiger partial charge in [0.25, 0.3) is 0 Å². The Bertz CT molecular complexity index is 573. The number of urea groups is 1. The number of aliphatic hydroxyl groups is 1. The van der Waals surface area contributed by atoms with Gasteiger partial charge in [0.05, 0.1) is 12.6 Å². The number of amides is 2. The molecule has 2 aromatic rings. The Labute approximate surface area is 128 Å². The standard InChI is InChI=1S/C16H17ClN2O2/c17-13-6-8-14(9-7-13)18-16(21)19-15(11-20)10-12-4-2-1-3-5-12/h1-9,15,20H,10-11H2,(H2,18,19,21)/t15-/m1/s1. The first-order chi connectivity index (χ1) is 10.2. The van der Waals surface area contributed by atoms with Crippen LogP contribution in [0.15, 0.2) is 54.6 Å². The lowest BCUT2D eigenvalue weighted by atomic mass is 10.1. The summed E-state index contributed by atoms with van der Waals surface area (Å²) in [6.07, 6.45) is 0.575. The number of nitrogens with one attached hydrogen (secondary N) is 2. The Hall–Kier alpha value is -2.04. The van der Waals surface area contributed by atoms with Gasteiger partial charge in [-0.3, -0.25) is 0 Å². The van der Waals surface area contributed by atoms with Crippen molar-refractivity contribution < 1.29 is 9.90 Å².